The quantitative estimate of drug-likeness (QED) is 0.529. The van der Waals surface area contributed by atoms with Crippen LogP contribution >= 0.6 is 34.8 Å². The summed E-state index contributed by atoms with van der Waals surface area (Å²) in [5, 5.41) is 0.495. The Morgan fingerprint density at radius 2 is 1.92 bits per heavy atom. The van der Waals surface area contributed by atoms with Gasteiger partial charge in [-0.1, -0.05) is 30.1 Å². The van der Waals surface area contributed by atoms with Gasteiger partial charge >= 0.3 is 0 Å². The lowest BCUT2D eigenvalue weighted by Gasteiger charge is -2.10. The minimum Gasteiger partial charge on any atom is -0.205 e. The molecule has 1 aromatic carbocycles. The molecule has 1 atom stereocenters. The van der Waals surface area contributed by atoms with Gasteiger partial charge in [-0.25, -0.2) is 4.39 Å². The summed E-state index contributed by atoms with van der Waals surface area (Å²) in [7, 11) is 0. The Morgan fingerprint density at radius 1 is 1.31 bits per heavy atom. The second-order valence-electron chi connectivity index (χ2n) is 2.84. The van der Waals surface area contributed by atoms with Gasteiger partial charge < -0.3 is 0 Å². The van der Waals surface area contributed by atoms with Crippen LogP contribution in [0.3, 0.4) is 0 Å². The smallest absolute Gasteiger partial charge is 0.142 e. The fraction of sp³-hybridized carbons (Fsp3) is 0.333. The van der Waals surface area contributed by atoms with Crippen LogP contribution in [-0.4, -0.2) is 5.88 Å². The second-order valence-corrected chi connectivity index (χ2v) is 3.97. The lowest BCUT2D eigenvalue weighted by atomic mass is 10.0. The molecule has 0 saturated heterocycles. The van der Waals surface area contributed by atoms with E-state index in [2.05, 4.69) is 0 Å². The summed E-state index contributed by atoms with van der Waals surface area (Å²) in [4.78, 5) is 0. The summed E-state index contributed by atoms with van der Waals surface area (Å²) in [6.45, 7) is 1.88. The van der Waals surface area contributed by atoms with Gasteiger partial charge in [-0.2, -0.15) is 0 Å². The number of benzene rings is 1. The van der Waals surface area contributed by atoms with Gasteiger partial charge in [-0.05, 0) is 23.6 Å². The highest BCUT2D eigenvalue weighted by molar-refractivity contribution is 6.35. The van der Waals surface area contributed by atoms with E-state index in [9.17, 15) is 4.39 Å². The third-order valence-electron chi connectivity index (χ3n) is 1.80. The maximum Gasteiger partial charge on any atom is 0.142 e. The molecule has 72 valence electrons. The number of rotatable bonds is 2. The standard InChI is InChI=1S/C9H8Cl3F/c1-5(4-10)6-2-9(13)8(12)3-7(6)11/h2-3,5H,4H2,1H3. The molecular formula is C9H8Cl3F. The van der Waals surface area contributed by atoms with Crippen molar-refractivity contribution < 1.29 is 4.39 Å². The minimum absolute atomic E-state index is 0.0286. The molecule has 0 bridgehead atoms. The average molecular weight is 242 g/mol. The Balaban J connectivity index is 3.15. The summed E-state index contributed by atoms with van der Waals surface area (Å²) in [6, 6.07) is 2.73. The lowest BCUT2D eigenvalue weighted by molar-refractivity contribution is 0.624. The third kappa shape index (κ3) is 2.49. The van der Waals surface area contributed by atoms with E-state index in [1.54, 1.807) is 0 Å². The molecule has 0 aromatic heterocycles. The summed E-state index contributed by atoms with van der Waals surface area (Å²) >= 11 is 17.0. The molecule has 0 aliphatic rings. The van der Waals surface area contributed by atoms with E-state index in [-0.39, 0.29) is 10.9 Å². The maximum atomic E-state index is 13.0. The SMILES string of the molecule is CC(CCl)c1cc(F)c(Cl)cc1Cl. The molecule has 0 amide bonds. The topological polar surface area (TPSA) is 0 Å². The van der Waals surface area contributed by atoms with E-state index < -0.39 is 5.82 Å². The van der Waals surface area contributed by atoms with Gasteiger partial charge in [0.2, 0.25) is 0 Å². The van der Waals surface area contributed by atoms with Crippen LogP contribution in [0.15, 0.2) is 12.1 Å². The van der Waals surface area contributed by atoms with Gasteiger partial charge in [-0.15, -0.1) is 11.6 Å². The largest absolute Gasteiger partial charge is 0.205 e. The molecule has 0 nitrogen and oxygen atoms in total. The molecule has 0 N–H and O–H groups in total. The van der Waals surface area contributed by atoms with E-state index in [1.165, 1.54) is 12.1 Å². The highest BCUT2D eigenvalue weighted by Gasteiger charge is 2.12. The Labute approximate surface area is 91.6 Å². The Kier molecular flexibility index (Phi) is 3.84. The predicted octanol–water partition coefficient (Wildman–Crippen LogP) is 4.47. The first kappa shape index (κ1) is 11.1. The molecule has 1 aromatic rings. The molecule has 13 heavy (non-hydrogen) atoms. The van der Waals surface area contributed by atoms with Crippen molar-refractivity contribution in [2.24, 2.45) is 0 Å². The van der Waals surface area contributed by atoms with Crippen LogP contribution in [0.5, 0.6) is 0 Å². The van der Waals surface area contributed by atoms with Gasteiger partial charge in [0.05, 0.1) is 5.02 Å². The highest BCUT2D eigenvalue weighted by Crippen LogP contribution is 2.29. The van der Waals surface area contributed by atoms with E-state index >= 15 is 0 Å². The fourth-order valence-corrected chi connectivity index (χ4v) is 1.73. The fourth-order valence-electron chi connectivity index (χ4n) is 0.999. The molecule has 0 saturated carbocycles. The number of hydrogen-bond acceptors (Lipinski definition) is 0. The lowest BCUT2D eigenvalue weighted by Crippen LogP contribution is -1.97. The van der Waals surface area contributed by atoms with Crippen molar-refractivity contribution in [3.05, 3.63) is 33.6 Å². The van der Waals surface area contributed by atoms with Gasteiger partial charge in [0.25, 0.3) is 0 Å². The van der Waals surface area contributed by atoms with Crippen LogP contribution < -0.4 is 0 Å². The van der Waals surface area contributed by atoms with E-state index in [4.69, 9.17) is 34.8 Å². The molecular weight excluding hydrogens is 233 g/mol. The van der Waals surface area contributed by atoms with E-state index in [0.717, 1.165) is 0 Å². The Hall–Kier alpha value is 0.0200. The van der Waals surface area contributed by atoms with Crippen molar-refractivity contribution in [1.29, 1.82) is 0 Å². The predicted molar refractivity (Wildman–Crippen MR) is 55.6 cm³/mol. The van der Waals surface area contributed by atoms with Crippen molar-refractivity contribution in [1.82, 2.24) is 0 Å². The molecule has 0 spiro atoms. The van der Waals surface area contributed by atoms with E-state index in [0.29, 0.717) is 16.5 Å². The maximum absolute atomic E-state index is 13.0. The van der Waals surface area contributed by atoms with Crippen molar-refractivity contribution in [2.75, 3.05) is 5.88 Å². The van der Waals surface area contributed by atoms with Crippen molar-refractivity contribution in [3.63, 3.8) is 0 Å². The molecule has 1 unspecified atom stereocenters. The third-order valence-corrected chi connectivity index (χ3v) is 2.88. The number of hydrogen-bond donors (Lipinski definition) is 0. The molecule has 0 aliphatic heterocycles. The minimum atomic E-state index is -0.460. The zero-order valence-electron chi connectivity index (χ0n) is 6.95. The van der Waals surface area contributed by atoms with Crippen LogP contribution in [0.25, 0.3) is 0 Å². The van der Waals surface area contributed by atoms with Crippen LogP contribution in [0.4, 0.5) is 4.39 Å². The summed E-state index contributed by atoms with van der Waals surface area (Å²) < 4.78 is 13.0. The summed E-state index contributed by atoms with van der Waals surface area (Å²) in [5.41, 5.74) is 0.693. The summed E-state index contributed by atoms with van der Waals surface area (Å²) in [6.07, 6.45) is 0. The Morgan fingerprint density at radius 3 is 2.46 bits per heavy atom. The first-order valence-electron chi connectivity index (χ1n) is 3.76. The van der Waals surface area contributed by atoms with Gasteiger partial charge in [0, 0.05) is 10.9 Å². The van der Waals surface area contributed by atoms with Gasteiger partial charge in [-0.3, -0.25) is 0 Å². The first-order valence-corrected chi connectivity index (χ1v) is 5.05. The first-order chi connectivity index (χ1) is 6.06. The van der Waals surface area contributed by atoms with Crippen molar-refractivity contribution in [3.8, 4) is 0 Å². The number of halogens is 4. The van der Waals surface area contributed by atoms with Gasteiger partial charge in [0.15, 0.2) is 0 Å². The molecule has 0 radical (unpaired) electrons. The molecule has 0 heterocycles. The van der Waals surface area contributed by atoms with Crippen molar-refractivity contribution in [2.45, 2.75) is 12.8 Å². The van der Waals surface area contributed by atoms with Crippen LogP contribution in [0.2, 0.25) is 10.0 Å². The zero-order chi connectivity index (χ0) is 10.0. The Bertz CT molecular complexity index is 312. The highest BCUT2D eigenvalue weighted by atomic mass is 35.5. The van der Waals surface area contributed by atoms with Gasteiger partial charge in [0.1, 0.15) is 5.82 Å². The monoisotopic (exact) mass is 240 g/mol. The molecule has 4 heteroatoms. The van der Waals surface area contributed by atoms with E-state index in [1.807, 2.05) is 6.92 Å². The van der Waals surface area contributed by atoms with Crippen LogP contribution in [0, 0.1) is 5.82 Å². The summed E-state index contributed by atoms with van der Waals surface area (Å²) in [5.74, 6) is -0.0279. The van der Waals surface area contributed by atoms with Crippen LogP contribution in [-0.2, 0) is 0 Å². The average Bonchev–Trinajstić information content (AvgIpc) is 2.10. The van der Waals surface area contributed by atoms with Crippen LogP contribution in [0.1, 0.15) is 18.4 Å². The zero-order valence-corrected chi connectivity index (χ0v) is 9.22. The molecule has 1 rings (SSSR count). The second kappa shape index (κ2) is 4.50. The number of alkyl halides is 1. The van der Waals surface area contributed by atoms with Crippen molar-refractivity contribution >= 4 is 34.8 Å². The normalized spacial score (nSPS) is 13.0. The molecule has 0 fully saturated rings. The molecule has 0 aliphatic carbocycles.